The van der Waals surface area contributed by atoms with Gasteiger partial charge in [-0.3, -0.25) is 9.59 Å². The third kappa shape index (κ3) is 4.60. The first-order valence-electron chi connectivity index (χ1n) is 10.8. The lowest BCUT2D eigenvalue weighted by Gasteiger charge is -2.55. The van der Waals surface area contributed by atoms with Crippen LogP contribution in [0, 0.1) is 23.2 Å². The van der Waals surface area contributed by atoms with Gasteiger partial charge in [-0.25, -0.2) is 8.42 Å². The minimum atomic E-state index is -2.98. The van der Waals surface area contributed by atoms with Gasteiger partial charge in [0.1, 0.15) is 16.3 Å². The molecular formula is C21H33N3O4S. The number of carbonyl (C=O) groups excluding carboxylic acids is 2. The molecule has 0 N–H and O–H groups in total. The lowest BCUT2D eigenvalue weighted by atomic mass is 9.69. The minimum Gasteiger partial charge on any atom is -0.335 e. The molecule has 3 unspecified atom stereocenters. The molecule has 2 amide bonds. The number of amides is 2. The molecule has 4 atom stereocenters. The monoisotopic (exact) mass is 423 g/mol. The number of nitriles is 1. The van der Waals surface area contributed by atoms with Gasteiger partial charge in [-0.2, -0.15) is 5.26 Å². The Kier molecular flexibility index (Phi) is 6.57. The Bertz CT molecular complexity index is 782. The van der Waals surface area contributed by atoms with Crippen molar-refractivity contribution in [1.29, 1.82) is 5.26 Å². The van der Waals surface area contributed by atoms with Crippen molar-refractivity contribution in [2.45, 2.75) is 88.6 Å². The number of sulfone groups is 1. The van der Waals surface area contributed by atoms with Crippen molar-refractivity contribution in [2.24, 2.45) is 11.8 Å². The van der Waals surface area contributed by atoms with Crippen LogP contribution in [-0.4, -0.2) is 66.2 Å². The van der Waals surface area contributed by atoms with Crippen molar-refractivity contribution in [1.82, 2.24) is 9.80 Å². The number of nitrogens with zero attached hydrogens (tertiary/aromatic N) is 3. The van der Waals surface area contributed by atoms with Gasteiger partial charge in [-0.05, 0) is 63.7 Å². The molecule has 3 aliphatic rings. The molecule has 0 aromatic rings. The van der Waals surface area contributed by atoms with E-state index in [2.05, 4.69) is 0 Å². The smallest absolute Gasteiger partial charge is 0.237 e. The lowest BCUT2D eigenvalue weighted by molar-refractivity contribution is -0.154. The van der Waals surface area contributed by atoms with Crippen molar-refractivity contribution >= 4 is 21.7 Å². The second kappa shape index (κ2) is 8.63. The highest BCUT2D eigenvalue weighted by molar-refractivity contribution is 7.91. The fourth-order valence-electron chi connectivity index (χ4n) is 6.07. The number of hydrogen-bond donors (Lipinski definition) is 0. The van der Waals surface area contributed by atoms with E-state index in [9.17, 15) is 18.0 Å². The highest BCUT2D eigenvalue weighted by Gasteiger charge is 2.47. The van der Waals surface area contributed by atoms with Crippen LogP contribution in [0.25, 0.3) is 0 Å². The summed E-state index contributed by atoms with van der Waals surface area (Å²) < 4.78 is 23.7. The third-order valence-electron chi connectivity index (χ3n) is 7.42. The van der Waals surface area contributed by atoms with E-state index < -0.39 is 9.84 Å². The van der Waals surface area contributed by atoms with E-state index in [1.165, 1.54) is 6.26 Å². The number of hydrogen-bond acceptors (Lipinski definition) is 5. The van der Waals surface area contributed by atoms with Crippen molar-refractivity contribution in [3.63, 3.8) is 0 Å². The first-order valence-corrected chi connectivity index (χ1v) is 12.7. The molecule has 162 valence electrons. The number of carbonyl (C=O) groups is 2. The van der Waals surface area contributed by atoms with Crippen molar-refractivity contribution < 1.29 is 18.0 Å². The average Bonchev–Trinajstić information content (AvgIpc) is 2.66. The Hall–Kier alpha value is -1.62. The first-order chi connectivity index (χ1) is 13.6. The molecule has 3 rings (SSSR count). The molecule has 0 radical (unpaired) electrons. The maximum atomic E-state index is 12.6. The van der Waals surface area contributed by atoms with Crippen LogP contribution in [-0.2, 0) is 19.4 Å². The van der Waals surface area contributed by atoms with Crippen LogP contribution in [0.2, 0.25) is 0 Å². The van der Waals surface area contributed by atoms with Gasteiger partial charge in [0.15, 0.2) is 0 Å². The van der Waals surface area contributed by atoms with E-state index in [1.807, 2.05) is 22.8 Å². The van der Waals surface area contributed by atoms with E-state index in [-0.39, 0.29) is 41.6 Å². The molecule has 0 aromatic heterocycles. The maximum absolute atomic E-state index is 12.6. The summed E-state index contributed by atoms with van der Waals surface area (Å²) in [7, 11) is -2.98. The molecule has 8 heteroatoms. The molecule has 2 aliphatic carbocycles. The van der Waals surface area contributed by atoms with E-state index in [1.54, 1.807) is 6.92 Å². The second-order valence-corrected chi connectivity index (χ2v) is 11.6. The largest absolute Gasteiger partial charge is 0.335 e. The Balaban J connectivity index is 1.74. The lowest BCUT2D eigenvalue weighted by Crippen LogP contribution is -2.67. The van der Waals surface area contributed by atoms with E-state index in [0.717, 1.165) is 44.9 Å². The van der Waals surface area contributed by atoms with Gasteiger partial charge in [0, 0.05) is 25.8 Å². The maximum Gasteiger partial charge on any atom is 0.237 e. The fourth-order valence-corrected chi connectivity index (χ4v) is 7.20. The predicted octanol–water partition coefficient (Wildman–Crippen LogP) is 2.12. The Labute approximate surface area is 174 Å². The third-order valence-corrected chi connectivity index (χ3v) is 9.10. The molecule has 0 bridgehead atoms. The molecule has 3 fully saturated rings. The van der Waals surface area contributed by atoms with Gasteiger partial charge in [0.2, 0.25) is 11.8 Å². The second-order valence-electron chi connectivity index (χ2n) is 9.23. The summed E-state index contributed by atoms with van der Waals surface area (Å²) in [6.07, 6.45) is 7.20. The molecule has 29 heavy (non-hydrogen) atoms. The molecule has 0 aromatic carbocycles. The zero-order valence-electron chi connectivity index (χ0n) is 17.7. The molecular weight excluding hydrogens is 390 g/mol. The van der Waals surface area contributed by atoms with Crippen molar-refractivity contribution in [2.75, 3.05) is 12.8 Å². The van der Waals surface area contributed by atoms with Crippen LogP contribution >= 0.6 is 0 Å². The van der Waals surface area contributed by atoms with Gasteiger partial charge in [-0.1, -0.05) is 0 Å². The zero-order valence-corrected chi connectivity index (χ0v) is 18.5. The number of rotatable bonds is 3. The van der Waals surface area contributed by atoms with Gasteiger partial charge in [-0.15, -0.1) is 0 Å². The molecule has 1 saturated heterocycles. The number of fused-ring (bicyclic) bond motifs is 1. The summed E-state index contributed by atoms with van der Waals surface area (Å²) in [4.78, 5) is 28.7. The summed E-state index contributed by atoms with van der Waals surface area (Å²) in [5.41, 5.74) is 0. The van der Waals surface area contributed by atoms with Crippen LogP contribution in [0.4, 0.5) is 0 Å². The summed E-state index contributed by atoms with van der Waals surface area (Å²) in [5, 5.41) is 8.79. The Morgan fingerprint density at radius 2 is 1.66 bits per heavy atom. The van der Waals surface area contributed by atoms with Crippen LogP contribution < -0.4 is 0 Å². The van der Waals surface area contributed by atoms with Crippen LogP contribution in [0.5, 0.6) is 0 Å². The SMILES string of the molecule is CC(=O)N1C2CCC(C3CCC(S(C)(=O)=O)CC3)CC2N(C(=O)CC#N)C[C@@H]1C. The summed E-state index contributed by atoms with van der Waals surface area (Å²) >= 11 is 0. The highest BCUT2D eigenvalue weighted by atomic mass is 32.2. The van der Waals surface area contributed by atoms with Gasteiger partial charge in [0.25, 0.3) is 0 Å². The first kappa shape index (κ1) is 22.1. The standard InChI is InChI=1S/C21H33N3O4S/c1-14-13-23(21(26)10-11-22)20-12-17(6-9-19(20)24(14)15(2)25)16-4-7-18(8-5-16)29(3,27)28/h14,16-20H,4-10,12-13H2,1-3H3/t14-,16?,17?,18?,19?,20?/m0/s1. The summed E-state index contributed by atoms with van der Waals surface area (Å²) in [5.74, 6) is 0.828. The molecule has 0 spiro atoms. The van der Waals surface area contributed by atoms with Gasteiger partial charge in [0.05, 0.1) is 23.4 Å². The average molecular weight is 424 g/mol. The van der Waals surface area contributed by atoms with Crippen molar-refractivity contribution in [3.05, 3.63) is 0 Å². The van der Waals surface area contributed by atoms with Crippen LogP contribution in [0.1, 0.15) is 65.2 Å². The van der Waals surface area contributed by atoms with Gasteiger partial charge < -0.3 is 9.80 Å². The highest BCUT2D eigenvalue weighted by Crippen LogP contribution is 2.43. The molecule has 1 aliphatic heterocycles. The van der Waals surface area contributed by atoms with E-state index in [0.29, 0.717) is 18.4 Å². The normalized spacial score (nSPS) is 35.5. The van der Waals surface area contributed by atoms with Crippen LogP contribution in [0.15, 0.2) is 0 Å². The predicted molar refractivity (Wildman–Crippen MR) is 109 cm³/mol. The van der Waals surface area contributed by atoms with Crippen LogP contribution in [0.3, 0.4) is 0 Å². The molecule has 1 heterocycles. The number of piperazine rings is 1. The topological polar surface area (TPSA) is 98.6 Å². The van der Waals surface area contributed by atoms with E-state index in [4.69, 9.17) is 5.26 Å². The summed E-state index contributed by atoms with van der Waals surface area (Å²) in [6.45, 7) is 4.05. The van der Waals surface area contributed by atoms with E-state index >= 15 is 0 Å². The Morgan fingerprint density at radius 1 is 1.03 bits per heavy atom. The quantitative estimate of drug-likeness (QED) is 0.692. The Morgan fingerprint density at radius 3 is 2.21 bits per heavy atom. The molecule has 2 saturated carbocycles. The summed E-state index contributed by atoms with van der Waals surface area (Å²) in [6, 6.07) is 1.91. The minimum absolute atomic E-state index is 0.0162. The fraction of sp³-hybridized carbons (Fsp3) is 0.857. The zero-order chi connectivity index (χ0) is 21.3. The van der Waals surface area contributed by atoms with Gasteiger partial charge >= 0.3 is 0 Å². The van der Waals surface area contributed by atoms with Crippen molar-refractivity contribution in [3.8, 4) is 6.07 Å². The molecule has 7 nitrogen and oxygen atoms in total.